The first kappa shape index (κ1) is 19.7. The van der Waals surface area contributed by atoms with Gasteiger partial charge in [-0.25, -0.2) is 0 Å². The summed E-state index contributed by atoms with van der Waals surface area (Å²) in [6, 6.07) is 13.9. The van der Waals surface area contributed by atoms with E-state index in [0.717, 1.165) is 10.7 Å². The van der Waals surface area contributed by atoms with Crippen molar-refractivity contribution in [2.45, 2.75) is 23.9 Å². The molecule has 1 heterocycles. The first-order valence-electron chi connectivity index (χ1n) is 8.54. The van der Waals surface area contributed by atoms with Crippen molar-refractivity contribution in [1.29, 1.82) is 0 Å². The summed E-state index contributed by atoms with van der Waals surface area (Å²) < 4.78 is 13.2. The number of ether oxygens (including phenoxy) is 2. The Kier molecular flexibility index (Phi) is 6.15. The highest BCUT2D eigenvalue weighted by Gasteiger charge is 2.18. The molecule has 0 spiro atoms. The number of methoxy groups -OCH3 is 1. The molecule has 0 aliphatic rings. The van der Waals surface area contributed by atoms with Crippen molar-refractivity contribution < 1.29 is 14.4 Å². The molecule has 0 saturated carbocycles. The van der Waals surface area contributed by atoms with Crippen LogP contribution in [0.5, 0.6) is 11.5 Å². The fraction of sp³-hybridized carbons (Fsp3) is 0.263. The zero-order valence-electron chi connectivity index (χ0n) is 15.7. The Balaban J connectivity index is 1.66. The van der Waals surface area contributed by atoms with Crippen molar-refractivity contribution in [2.24, 2.45) is 7.05 Å². The van der Waals surface area contributed by atoms with Gasteiger partial charge in [0.15, 0.2) is 28.6 Å². The first-order chi connectivity index (χ1) is 13.5. The Labute approximate surface area is 166 Å². The number of benzene rings is 2. The third-order valence-electron chi connectivity index (χ3n) is 4.12. The molecule has 28 heavy (non-hydrogen) atoms. The molecule has 0 aliphatic heterocycles. The maximum absolute atomic E-state index is 10.7. The van der Waals surface area contributed by atoms with Crippen LogP contribution in [0.2, 0.25) is 0 Å². The molecule has 2 aromatic carbocycles. The van der Waals surface area contributed by atoms with E-state index in [1.54, 1.807) is 19.2 Å². The van der Waals surface area contributed by atoms with Gasteiger partial charge in [0.05, 0.1) is 12.0 Å². The summed E-state index contributed by atoms with van der Waals surface area (Å²) >= 11 is 1.51. The summed E-state index contributed by atoms with van der Waals surface area (Å²) in [4.78, 5) is 10.3. The van der Waals surface area contributed by atoms with Crippen molar-refractivity contribution in [3.8, 4) is 11.5 Å². The second kappa shape index (κ2) is 8.75. The predicted molar refractivity (Wildman–Crippen MR) is 106 cm³/mol. The van der Waals surface area contributed by atoms with Crippen molar-refractivity contribution in [1.82, 2.24) is 14.8 Å². The summed E-state index contributed by atoms with van der Waals surface area (Å²) in [6.07, 6.45) is -0.317. The van der Waals surface area contributed by atoms with Crippen LogP contribution in [0.25, 0.3) is 0 Å². The predicted octanol–water partition coefficient (Wildman–Crippen LogP) is 4.16. The Morgan fingerprint density at radius 1 is 1.14 bits per heavy atom. The van der Waals surface area contributed by atoms with Crippen LogP contribution < -0.4 is 9.47 Å². The molecule has 0 radical (unpaired) electrons. The third-order valence-corrected chi connectivity index (χ3v) is 5.21. The van der Waals surface area contributed by atoms with Gasteiger partial charge in [-0.1, -0.05) is 36.0 Å². The third kappa shape index (κ3) is 4.42. The van der Waals surface area contributed by atoms with Gasteiger partial charge in [0.25, 0.3) is 5.69 Å². The molecule has 1 aromatic heterocycles. The van der Waals surface area contributed by atoms with Gasteiger partial charge in [0.1, 0.15) is 0 Å². The van der Waals surface area contributed by atoms with Crippen LogP contribution in [0.3, 0.4) is 0 Å². The lowest BCUT2D eigenvalue weighted by atomic mass is 10.2. The van der Waals surface area contributed by atoms with E-state index < -0.39 is 4.92 Å². The summed E-state index contributed by atoms with van der Waals surface area (Å²) in [7, 11) is 3.48. The van der Waals surface area contributed by atoms with Crippen LogP contribution in [0, 0.1) is 10.1 Å². The number of nitro groups is 1. The maximum atomic E-state index is 10.7. The molecular weight excluding hydrogens is 380 g/mol. The number of non-ortho nitro benzene ring substituents is 1. The summed E-state index contributed by atoms with van der Waals surface area (Å²) in [5.41, 5.74) is 1.05. The van der Waals surface area contributed by atoms with Gasteiger partial charge in [0, 0.05) is 24.9 Å². The van der Waals surface area contributed by atoms with Gasteiger partial charge in [-0.15, -0.1) is 10.2 Å². The van der Waals surface area contributed by atoms with E-state index in [2.05, 4.69) is 10.2 Å². The van der Waals surface area contributed by atoms with Crippen LogP contribution >= 0.6 is 11.8 Å². The van der Waals surface area contributed by atoms with Crippen LogP contribution in [0.15, 0.2) is 53.7 Å². The highest BCUT2D eigenvalue weighted by Crippen LogP contribution is 2.31. The number of rotatable bonds is 8. The Morgan fingerprint density at radius 3 is 2.46 bits per heavy atom. The standard InChI is InChI=1S/C19H20N4O4S/c1-13(27-17-7-5-4-6-16(17)26-3)18-20-21-19(22(18)2)28-12-14-8-10-15(11-9-14)23(24)25/h4-11,13H,12H2,1-3H3. The number of nitro benzene ring substituents is 1. The first-order valence-corrected chi connectivity index (χ1v) is 9.53. The van der Waals surface area contributed by atoms with Crippen LogP contribution in [-0.4, -0.2) is 26.8 Å². The quantitative estimate of drug-likeness (QED) is 0.318. The fourth-order valence-electron chi connectivity index (χ4n) is 2.63. The SMILES string of the molecule is COc1ccccc1OC(C)c1nnc(SCc2ccc([N+](=O)[O-])cc2)n1C. The van der Waals surface area contributed by atoms with Crippen LogP contribution in [-0.2, 0) is 12.8 Å². The molecule has 0 bridgehead atoms. The highest BCUT2D eigenvalue weighted by molar-refractivity contribution is 7.98. The van der Waals surface area contributed by atoms with Crippen molar-refractivity contribution in [3.63, 3.8) is 0 Å². The fourth-order valence-corrected chi connectivity index (χ4v) is 3.50. The van der Waals surface area contributed by atoms with Crippen molar-refractivity contribution in [3.05, 3.63) is 70.0 Å². The van der Waals surface area contributed by atoms with E-state index in [9.17, 15) is 10.1 Å². The molecule has 0 amide bonds. The average molecular weight is 400 g/mol. The van der Waals surface area contributed by atoms with Gasteiger partial charge >= 0.3 is 0 Å². The van der Waals surface area contributed by atoms with Gasteiger partial charge in [-0.05, 0) is 24.6 Å². The van der Waals surface area contributed by atoms with E-state index in [-0.39, 0.29) is 11.8 Å². The molecule has 9 heteroatoms. The summed E-state index contributed by atoms with van der Waals surface area (Å²) in [5.74, 6) is 2.62. The minimum absolute atomic E-state index is 0.0806. The lowest BCUT2D eigenvalue weighted by Gasteiger charge is -2.16. The minimum Gasteiger partial charge on any atom is -0.493 e. The van der Waals surface area contributed by atoms with E-state index in [1.807, 2.05) is 42.8 Å². The number of thioether (sulfide) groups is 1. The zero-order valence-corrected chi connectivity index (χ0v) is 16.5. The number of para-hydroxylation sites is 2. The molecule has 1 unspecified atom stereocenters. The van der Waals surface area contributed by atoms with Gasteiger partial charge < -0.3 is 14.0 Å². The Hall–Kier alpha value is -3.07. The molecule has 0 N–H and O–H groups in total. The monoisotopic (exact) mass is 400 g/mol. The smallest absolute Gasteiger partial charge is 0.269 e. The van der Waals surface area contributed by atoms with Gasteiger partial charge in [-0.3, -0.25) is 10.1 Å². The average Bonchev–Trinajstić information content (AvgIpc) is 3.07. The Bertz CT molecular complexity index is 959. The molecule has 146 valence electrons. The molecule has 0 fully saturated rings. The normalized spacial score (nSPS) is 11.8. The number of aromatic nitrogens is 3. The maximum Gasteiger partial charge on any atom is 0.269 e. The number of hydrogen-bond donors (Lipinski definition) is 0. The lowest BCUT2D eigenvalue weighted by molar-refractivity contribution is -0.384. The van der Waals surface area contributed by atoms with Crippen molar-refractivity contribution in [2.75, 3.05) is 7.11 Å². The lowest BCUT2D eigenvalue weighted by Crippen LogP contribution is -2.10. The number of hydrogen-bond acceptors (Lipinski definition) is 7. The largest absolute Gasteiger partial charge is 0.493 e. The zero-order chi connectivity index (χ0) is 20.1. The molecule has 0 aliphatic carbocycles. The van der Waals surface area contributed by atoms with Crippen molar-refractivity contribution >= 4 is 17.4 Å². The van der Waals surface area contributed by atoms with E-state index in [0.29, 0.717) is 23.1 Å². The van der Waals surface area contributed by atoms with Gasteiger partial charge in [-0.2, -0.15) is 0 Å². The second-order valence-electron chi connectivity index (χ2n) is 6.02. The molecule has 3 rings (SSSR count). The topological polar surface area (TPSA) is 92.3 Å². The summed E-state index contributed by atoms with van der Waals surface area (Å²) in [5, 5.41) is 20.0. The van der Waals surface area contributed by atoms with Crippen LogP contribution in [0.4, 0.5) is 5.69 Å². The molecule has 0 saturated heterocycles. The molecule has 8 nitrogen and oxygen atoms in total. The van der Waals surface area contributed by atoms with E-state index in [4.69, 9.17) is 9.47 Å². The molecule has 3 aromatic rings. The minimum atomic E-state index is -0.408. The second-order valence-corrected chi connectivity index (χ2v) is 6.97. The summed E-state index contributed by atoms with van der Waals surface area (Å²) in [6.45, 7) is 1.90. The molecule has 1 atom stereocenters. The highest BCUT2D eigenvalue weighted by atomic mass is 32.2. The number of nitrogens with zero attached hydrogens (tertiary/aromatic N) is 4. The van der Waals surface area contributed by atoms with E-state index in [1.165, 1.54) is 23.9 Å². The van der Waals surface area contributed by atoms with Gasteiger partial charge in [0.2, 0.25) is 0 Å². The van der Waals surface area contributed by atoms with E-state index >= 15 is 0 Å². The van der Waals surface area contributed by atoms with Crippen LogP contribution in [0.1, 0.15) is 24.4 Å². The molecular formula is C19H20N4O4S. The Morgan fingerprint density at radius 2 is 1.82 bits per heavy atom.